The molecule has 3 rings (SSSR count). The summed E-state index contributed by atoms with van der Waals surface area (Å²) in [6, 6.07) is 10.1. The first kappa shape index (κ1) is 22.1. The lowest BCUT2D eigenvalue weighted by atomic mass is 9.85. The lowest BCUT2D eigenvalue weighted by molar-refractivity contribution is -0.120. The van der Waals surface area contributed by atoms with Gasteiger partial charge < -0.3 is 5.32 Å². The number of fused-ring (bicyclic) bond motifs is 1. The summed E-state index contributed by atoms with van der Waals surface area (Å²) in [5.41, 5.74) is 2.69. The molecule has 30 heavy (non-hydrogen) atoms. The molecule has 0 amide bonds. The molecule has 3 aromatic rings. The fourth-order valence-electron chi connectivity index (χ4n) is 3.70. The second kappa shape index (κ2) is 9.47. The first-order valence-corrected chi connectivity index (χ1v) is 10.9. The highest BCUT2D eigenvalue weighted by molar-refractivity contribution is 5.80. The molecule has 0 radical (unpaired) electrons. The van der Waals surface area contributed by atoms with Gasteiger partial charge in [0.05, 0.1) is 17.3 Å². The lowest BCUT2D eigenvalue weighted by Gasteiger charge is -2.33. The Bertz CT molecular complexity index is 996. The summed E-state index contributed by atoms with van der Waals surface area (Å²) in [7, 11) is 0. The molecule has 6 nitrogen and oxygen atoms in total. The highest BCUT2D eigenvalue weighted by atomic mass is 16.1. The summed E-state index contributed by atoms with van der Waals surface area (Å²) in [6.45, 7) is 11.0. The molecule has 0 aliphatic carbocycles. The topological polar surface area (TPSA) is 72.7 Å². The molecule has 2 heterocycles. The maximum atomic E-state index is 12.2. The van der Waals surface area contributed by atoms with Crippen LogP contribution < -0.4 is 5.32 Å². The third-order valence-corrected chi connectivity index (χ3v) is 6.14. The minimum Gasteiger partial charge on any atom is -0.302 e. The van der Waals surface area contributed by atoms with E-state index >= 15 is 0 Å². The fourth-order valence-corrected chi connectivity index (χ4v) is 3.70. The minimum absolute atomic E-state index is 0.129. The summed E-state index contributed by atoms with van der Waals surface area (Å²) in [5.74, 6) is 0.417. The molecule has 0 fully saturated rings. The van der Waals surface area contributed by atoms with Crippen molar-refractivity contribution in [3.05, 3.63) is 54.0 Å². The molecule has 0 aliphatic heterocycles. The van der Waals surface area contributed by atoms with Crippen molar-refractivity contribution in [3.63, 3.8) is 0 Å². The molecule has 2 aromatic heterocycles. The second-order valence-electron chi connectivity index (χ2n) is 8.59. The number of rotatable bonds is 10. The molecule has 1 aromatic carbocycles. The Labute approximate surface area is 179 Å². The normalized spacial score (nSPS) is 14.7. The molecule has 160 valence electrons. The Morgan fingerprint density at radius 3 is 2.77 bits per heavy atom. The van der Waals surface area contributed by atoms with E-state index in [0.29, 0.717) is 6.54 Å². The zero-order valence-corrected chi connectivity index (χ0v) is 18.7. The van der Waals surface area contributed by atoms with E-state index in [2.05, 4.69) is 72.6 Å². The van der Waals surface area contributed by atoms with E-state index in [-0.39, 0.29) is 23.3 Å². The Morgan fingerprint density at radius 1 is 1.27 bits per heavy atom. The van der Waals surface area contributed by atoms with E-state index < -0.39 is 0 Å². The number of nitrogens with one attached hydrogen (secondary N) is 1. The summed E-state index contributed by atoms with van der Waals surface area (Å²) in [4.78, 5) is 16.5. The number of benzene rings is 1. The Hall–Kier alpha value is -2.60. The van der Waals surface area contributed by atoms with Gasteiger partial charge in [-0.25, -0.2) is 4.68 Å². The molecule has 0 unspecified atom stereocenters. The van der Waals surface area contributed by atoms with Crippen LogP contribution in [0.5, 0.6) is 0 Å². The van der Waals surface area contributed by atoms with E-state index in [0.717, 1.165) is 35.9 Å². The Morgan fingerprint density at radius 2 is 2.07 bits per heavy atom. The molecule has 1 N–H and O–H groups in total. The van der Waals surface area contributed by atoms with Crippen LogP contribution in [0, 0.1) is 5.92 Å². The summed E-state index contributed by atoms with van der Waals surface area (Å²) < 4.78 is 1.75. The molecule has 0 spiro atoms. The second-order valence-corrected chi connectivity index (χ2v) is 8.59. The van der Waals surface area contributed by atoms with Crippen LogP contribution in [0.3, 0.4) is 0 Å². The number of hydrogen-bond donors (Lipinski definition) is 1. The van der Waals surface area contributed by atoms with Gasteiger partial charge in [0, 0.05) is 18.1 Å². The monoisotopic (exact) mass is 407 g/mol. The highest BCUT2D eigenvalue weighted by Gasteiger charge is 2.34. The van der Waals surface area contributed by atoms with Crippen LogP contribution in [0.15, 0.2) is 42.7 Å². The molecule has 0 aliphatic rings. The Balaban J connectivity index is 1.81. The van der Waals surface area contributed by atoms with Crippen molar-refractivity contribution >= 4 is 16.7 Å². The number of carbonyl (C=O) groups excluding carboxylic acids is 1. The van der Waals surface area contributed by atoms with Crippen molar-refractivity contribution in [2.24, 2.45) is 5.92 Å². The van der Waals surface area contributed by atoms with E-state index in [1.807, 2.05) is 18.5 Å². The zero-order chi connectivity index (χ0) is 21.7. The van der Waals surface area contributed by atoms with Crippen molar-refractivity contribution in [1.29, 1.82) is 0 Å². The van der Waals surface area contributed by atoms with Crippen LogP contribution in [0.1, 0.15) is 71.2 Å². The quantitative estimate of drug-likeness (QED) is 0.522. The van der Waals surface area contributed by atoms with Gasteiger partial charge >= 0.3 is 0 Å². The maximum Gasteiger partial charge on any atom is 0.154 e. The predicted molar refractivity (Wildman–Crippen MR) is 120 cm³/mol. The smallest absolute Gasteiger partial charge is 0.154 e. The number of Topliss-reactive ketones (excluding diaryl/α,β-unsaturated/α-hetero) is 1. The minimum atomic E-state index is -0.367. The molecule has 2 atom stereocenters. The molecular formula is C24H33N5O. The number of pyridine rings is 1. The van der Waals surface area contributed by atoms with E-state index in [4.69, 9.17) is 0 Å². The van der Waals surface area contributed by atoms with Crippen molar-refractivity contribution in [2.75, 3.05) is 0 Å². The third kappa shape index (κ3) is 4.75. The molecule has 6 heteroatoms. The van der Waals surface area contributed by atoms with Gasteiger partial charge in [-0.2, -0.15) is 0 Å². The van der Waals surface area contributed by atoms with Gasteiger partial charge in [0.2, 0.25) is 0 Å². The number of unbranched alkanes of at least 4 members (excludes halogenated alkanes) is 1. The standard InChI is InChI=1S/C24H33N5O/c1-6-7-10-22(18(4)30)29-16-23(27-28-29)24(5,17(2)3)26-15-19-11-12-21-20(14-19)9-8-13-25-21/h8-9,11-14,16-17,22,26H,6-7,10,15H2,1-5H3/t22-,24-/m0/s1. The molecule has 0 bridgehead atoms. The predicted octanol–water partition coefficient (Wildman–Crippen LogP) is 4.81. The van der Waals surface area contributed by atoms with Gasteiger partial charge in [-0.3, -0.25) is 9.78 Å². The summed E-state index contributed by atoms with van der Waals surface area (Å²) >= 11 is 0. The largest absolute Gasteiger partial charge is 0.302 e. The average Bonchev–Trinajstić information content (AvgIpc) is 3.22. The highest BCUT2D eigenvalue weighted by Crippen LogP contribution is 2.29. The van der Waals surface area contributed by atoms with Crippen LogP contribution in [0.25, 0.3) is 10.9 Å². The van der Waals surface area contributed by atoms with Gasteiger partial charge in [-0.1, -0.05) is 51.0 Å². The van der Waals surface area contributed by atoms with Crippen LogP contribution in [0.4, 0.5) is 0 Å². The van der Waals surface area contributed by atoms with Crippen LogP contribution >= 0.6 is 0 Å². The van der Waals surface area contributed by atoms with Crippen LogP contribution in [0.2, 0.25) is 0 Å². The van der Waals surface area contributed by atoms with E-state index in [1.165, 1.54) is 5.56 Å². The van der Waals surface area contributed by atoms with Gasteiger partial charge in [0.25, 0.3) is 0 Å². The fraction of sp³-hybridized carbons (Fsp3) is 0.500. The zero-order valence-electron chi connectivity index (χ0n) is 18.7. The Kier molecular flexibility index (Phi) is 6.98. The number of hydrogen-bond acceptors (Lipinski definition) is 5. The molecule has 0 saturated heterocycles. The summed E-state index contributed by atoms with van der Waals surface area (Å²) in [5, 5.41) is 13.6. The van der Waals surface area contributed by atoms with Gasteiger partial charge in [0.1, 0.15) is 11.7 Å². The van der Waals surface area contributed by atoms with Crippen LogP contribution in [-0.2, 0) is 16.9 Å². The number of carbonyl (C=O) groups is 1. The number of nitrogens with zero attached hydrogens (tertiary/aromatic N) is 4. The van der Waals surface area contributed by atoms with E-state index in [1.54, 1.807) is 11.6 Å². The van der Waals surface area contributed by atoms with Gasteiger partial charge in [-0.15, -0.1) is 5.10 Å². The van der Waals surface area contributed by atoms with Gasteiger partial charge in [0.15, 0.2) is 5.78 Å². The first-order chi connectivity index (χ1) is 14.3. The summed E-state index contributed by atoms with van der Waals surface area (Å²) in [6.07, 6.45) is 6.60. The van der Waals surface area contributed by atoms with Crippen molar-refractivity contribution in [1.82, 2.24) is 25.3 Å². The van der Waals surface area contributed by atoms with Gasteiger partial charge in [-0.05, 0) is 49.9 Å². The van der Waals surface area contributed by atoms with Crippen molar-refractivity contribution in [3.8, 4) is 0 Å². The molecule has 0 saturated carbocycles. The average molecular weight is 408 g/mol. The first-order valence-electron chi connectivity index (χ1n) is 10.9. The maximum absolute atomic E-state index is 12.2. The third-order valence-electron chi connectivity index (χ3n) is 6.14. The van der Waals surface area contributed by atoms with Crippen molar-refractivity contribution < 1.29 is 4.79 Å². The van der Waals surface area contributed by atoms with Crippen LogP contribution in [-0.4, -0.2) is 25.8 Å². The SMILES string of the molecule is CCCC[C@@H](C(C)=O)n1cc([C@@](C)(NCc2ccc3ncccc3c2)C(C)C)nn1. The number of ketones is 1. The molecular weight excluding hydrogens is 374 g/mol. The number of aromatic nitrogens is 4. The lowest BCUT2D eigenvalue weighted by Crippen LogP contribution is -2.44. The van der Waals surface area contributed by atoms with E-state index in [9.17, 15) is 4.79 Å². The van der Waals surface area contributed by atoms with Crippen molar-refractivity contribution in [2.45, 2.75) is 72.0 Å².